The molecule has 3 aromatic rings. The van der Waals surface area contributed by atoms with Gasteiger partial charge in [-0.15, -0.1) is 0 Å². The molecule has 1 aromatic heterocycles. The third-order valence-electron chi connectivity index (χ3n) is 6.15. The second-order valence-electron chi connectivity index (χ2n) is 8.33. The Balaban J connectivity index is 1.24. The van der Waals surface area contributed by atoms with Crippen LogP contribution in [0.2, 0.25) is 0 Å². The Morgan fingerprint density at radius 3 is 2.39 bits per heavy atom. The average Bonchev–Trinajstić information content (AvgIpc) is 2.88. The van der Waals surface area contributed by atoms with Crippen molar-refractivity contribution in [2.45, 2.75) is 32.4 Å². The lowest BCUT2D eigenvalue weighted by molar-refractivity contribution is -0.118. The van der Waals surface area contributed by atoms with E-state index >= 15 is 0 Å². The molecule has 0 spiro atoms. The molecule has 172 valence electrons. The van der Waals surface area contributed by atoms with Crippen LogP contribution in [-0.2, 0) is 11.3 Å². The minimum absolute atomic E-state index is 0.00724. The van der Waals surface area contributed by atoms with E-state index in [2.05, 4.69) is 51.3 Å². The number of amides is 1. The number of benzene rings is 2. The highest BCUT2D eigenvalue weighted by Gasteiger charge is 2.24. The number of anilines is 2. The fraction of sp³-hybridized carbons (Fsp3) is 0.333. The predicted molar refractivity (Wildman–Crippen MR) is 133 cm³/mol. The molecule has 0 unspecified atom stereocenters. The molecule has 1 N–H and O–H groups in total. The molecule has 0 atom stereocenters. The van der Waals surface area contributed by atoms with Gasteiger partial charge in [0.1, 0.15) is 5.75 Å². The van der Waals surface area contributed by atoms with Crippen LogP contribution in [0.5, 0.6) is 5.75 Å². The van der Waals surface area contributed by atoms with Gasteiger partial charge >= 0.3 is 0 Å². The summed E-state index contributed by atoms with van der Waals surface area (Å²) in [4.78, 5) is 21.3. The van der Waals surface area contributed by atoms with E-state index in [9.17, 15) is 4.79 Å². The summed E-state index contributed by atoms with van der Waals surface area (Å²) in [6.07, 6.45) is 6.03. The van der Waals surface area contributed by atoms with Gasteiger partial charge in [-0.3, -0.25) is 14.7 Å². The number of nitrogens with one attached hydrogen (secondary N) is 1. The van der Waals surface area contributed by atoms with Crippen molar-refractivity contribution in [3.63, 3.8) is 0 Å². The van der Waals surface area contributed by atoms with Crippen molar-refractivity contribution >= 4 is 17.3 Å². The van der Waals surface area contributed by atoms with Crippen LogP contribution in [-0.4, -0.2) is 48.1 Å². The SMILES string of the molecule is CCN(Cc1ccncc1)C1CCN(c2ccc(NC(=O)COc3ccccc3)cc2)CC1. The first-order valence-corrected chi connectivity index (χ1v) is 11.7. The summed E-state index contributed by atoms with van der Waals surface area (Å²) in [5, 5.41) is 2.90. The van der Waals surface area contributed by atoms with E-state index in [0.29, 0.717) is 11.8 Å². The molecule has 1 saturated heterocycles. The Bertz CT molecular complexity index is 988. The average molecular weight is 445 g/mol. The van der Waals surface area contributed by atoms with Crippen molar-refractivity contribution in [1.29, 1.82) is 0 Å². The Morgan fingerprint density at radius 2 is 1.73 bits per heavy atom. The van der Waals surface area contributed by atoms with Gasteiger partial charge in [-0.1, -0.05) is 25.1 Å². The number of pyridine rings is 1. The van der Waals surface area contributed by atoms with Crippen LogP contribution < -0.4 is 15.0 Å². The van der Waals surface area contributed by atoms with E-state index in [0.717, 1.165) is 44.7 Å². The Morgan fingerprint density at radius 1 is 1.03 bits per heavy atom. The first-order valence-electron chi connectivity index (χ1n) is 11.7. The van der Waals surface area contributed by atoms with E-state index in [1.165, 1.54) is 11.3 Å². The number of nitrogens with zero attached hydrogens (tertiary/aromatic N) is 3. The summed E-state index contributed by atoms with van der Waals surface area (Å²) in [5.41, 5.74) is 3.30. The Kier molecular flexibility index (Phi) is 7.93. The van der Waals surface area contributed by atoms with Crippen molar-refractivity contribution in [2.24, 2.45) is 0 Å². The van der Waals surface area contributed by atoms with Crippen LogP contribution in [0.1, 0.15) is 25.3 Å². The molecule has 0 saturated carbocycles. The lowest BCUT2D eigenvalue weighted by Gasteiger charge is -2.39. The predicted octanol–water partition coefficient (Wildman–Crippen LogP) is 4.59. The highest BCUT2D eigenvalue weighted by atomic mass is 16.5. The second-order valence-corrected chi connectivity index (χ2v) is 8.33. The minimum Gasteiger partial charge on any atom is -0.484 e. The molecule has 0 bridgehead atoms. The largest absolute Gasteiger partial charge is 0.484 e. The number of ether oxygens (including phenoxy) is 1. The van der Waals surface area contributed by atoms with Gasteiger partial charge in [0.05, 0.1) is 0 Å². The summed E-state index contributed by atoms with van der Waals surface area (Å²) in [6.45, 7) is 6.34. The molecule has 0 radical (unpaired) electrons. The van der Waals surface area contributed by atoms with Crippen LogP contribution in [0.3, 0.4) is 0 Å². The summed E-state index contributed by atoms with van der Waals surface area (Å²) < 4.78 is 5.51. The highest BCUT2D eigenvalue weighted by Crippen LogP contribution is 2.25. The second kappa shape index (κ2) is 11.5. The number of piperidine rings is 1. The summed E-state index contributed by atoms with van der Waals surface area (Å²) in [7, 11) is 0. The van der Waals surface area contributed by atoms with Crippen molar-refractivity contribution in [2.75, 3.05) is 36.5 Å². The highest BCUT2D eigenvalue weighted by molar-refractivity contribution is 5.92. The Hall–Kier alpha value is -3.38. The van der Waals surface area contributed by atoms with E-state index in [4.69, 9.17) is 4.74 Å². The maximum Gasteiger partial charge on any atom is 0.262 e. The number of para-hydroxylation sites is 1. The van der Waals surface area contributed by atoms with Crippen LogP contribution in [0.4, 0.5) is 11.4 Å². The molecule has 1 amide bonds. The molecule has 1 fully saturated rings. The fourth-order valence-corrected chi connectivity index (χ4v) is 4.33. The Labute approximate surface area is 196 Å². The molecule has 0 aliphatic carbocycles. The first-order chi connectivity index (χ1) is 16.2. The molecule has 2 aromatic carbocycles. The third-order valence-corrected chi connectivity index (χ3v) is 6.15. The molecular weight excluding hydrogens is 412 g/mol. The van der Waals surface area contributed by atoms with Gasteiger partial charge < -0.3 is 15.0 Å². The van der Waals surface area contributed by atoms with Crippen LogP contribution in [0, 0.1) is 0 Å². The minimum atomic E-state index is -0.165. The first kappa shape index (κ1) is 22.8. The maximum atomic E-state index is 12.2. The molecular formula is C27H32N4O2. The lowest BCUT2D eigenvalue weighted by atomic mass is 10.0. The van der Waals surface area contributed by atoms with Crippen molar-refractivity contribution in [1.82, 2.24) is 9.88 Å². The zero-order chi connectivity index (χ0) is 22.9. The van der Waals surface area contributed by atoms with Gasteiger partial charge in [0.25, 0.3) is 5.91 Å². The zero-order valence-corrected chi connectivity index (χ0v) is 19.2. The van der Waals surface area contributed by atoms with E-state index in [-0.39, 0.29) is 12.5 Å². The number of hydrogen-bond acceptors (Lipinski definition) is 5. The van der Waals surface area contributed by atoms with Gasteiger partial charge in [-0.25, -0.2) is 0 Å². The molecule has 6 heteroatoms. The summed E-state index contributed by atoms with van der Waals surface area (Å²) in [6, 6.07) is 22.3. The molecule has 33 heavy (non-hydrogen) atoms. The number of aromatic nitrogens is 1. The molecule has 4 rings (SSSR count). The van der Waals surface area contributed by atoms with Gasteiger partial charge in [-0.2, -0.15) is 0 Å². The van der Waals surface area contributed by atoms with Crippen molar-refractivity contribution in [3.8, 4) is 5.75 Å². The molecule has 1 aliphatic heterocycles. The van der Waals surface area contributed by atoms with Gasteiger partial charge in [0.15, 0.2) is 6.61 Å². The smallest absolute Gasteiger partial charge is 0.262 e. The van der Waals surface area contributed by atoms with Crippen molar-refractivity contribution in [3.05, 3.63) is 84.7 Å². The van der Waals surface area contributed by atoms with Gasteiger partial charge in [-0.05, 0) is 73.5 Å². The topological polar surface area (TPSA) is 57.7 Å². The fourth-order valence-electron chi connectivity index (χ4n) is 4.33. The summed E-state index contributed by atoms with van der Waals surface area (Å²) >= 11 is 0. The number of carbonyl (C=O) groups excluding carboxylic acids is 1. The zero-order valence-electron chi connectivity index (χ0n) is 19.2. The molecule has 6 nitrogen and oxygen atoms in total. The van der Waals surface area contributed by atoms with Crippen LogP contribution in [0.25, 0.3) is 0 Å². The number of carbonyl (C=O) groups is 1. The molecule has 1 aliphatic rings. The van der Waals surface area contributed by atoms with Crippen LogP contribution in [0.15, 0.2) is 79.1 Å². The number of hydrogen-bond donors (Lipinski definition) is 1. The van der Waals surface area contributed by atoms with E-state index < -0.39 is 0 Å². The van der Waals surface area contributed by atoms with E-state index in [1.54, 1.807) is 0 Å². The monoisotopic (exact) mass is 444 g/mol. The normalized spacial score (nSPS) is 14.3. The maximum absolute atomic E-state index is 12.2. The van der Waals surface area contributed by atoms with E-state index in [1.807, 2.05) is 54.9 Å². The summed E-state index contributed by atoms with van der Waals surface area (Å²) in [5.74, 6) is 0.523. The van der Waals surface area contributed by atoms with Gasteiger partial charge in [0.2, 0.25) is 0 Å². The van der Waals surface area contributed by atoms with Crippen molar-refractivity contribution < 1.29 is 9.53 Å². The quantitative estimate of drug-likeness (QED) is 0.523. The molecule has 2 heterocycles. The third kappa shape index (κ3) is 6.56. The standard InChI is InChI=1S/C27H32N4O2/c1-2-30(20-22-12-16-28-17-13-22)25-14-18-31(19-15-25)24-10-8-23(9-11-24)29-27(32)21-33-26-6-4-3-5-7-26/h3-13,16-17,25H,2,14-15,18-21H2,1H3,(H,29,32). The van der Waals surface area contributed by atoms with Gasteiger partial charge in [0, 0.05) is 49.4 Å². The van der Waals surface area contributed by atoms with Crippen LogP contribution >= 0.6 is 0 Å². The number of rotatable bonds is 9. The lowest BCUT2D eigenvalue weighted by Crippen LogP contribution is -2.44.